The molecule has 200 valence electrons. The van der Waals surface area contributed by atoms with Crippen molar-refractivity contribution in [3.63, 3.8) is 0 Å². The summed E-state index contributed by atoms with van der Waals surface area (Å²) >= 11 is 0. The average molecular weight is 532 g/mol. The normalized spacial score (nSPS) is 14.5. The third-order valence-corrected chi connectivity index (χ3v) is 7.34. The third-order valence-electron chi connectivity index (χ3n) is 7.34. The third kappa shape index (κ3) is 4.69. The largest absolute Gasteiger partial charge is 0.381 e. The van der Waals surface area contributed by atoms with Crippen molar-refractivity contribution >= 4 is 28.3 Å². The van der Waals surface area contributed by atoms with Crippen LogP contribution in [0.1, 0.15) is 66.8 Å². The van der Waals surface area contributed by atoms with Gasteiger partial charge in [0.1, 0.15) is 11.4 Å². The highest BCUT2D eigenvalue weighted by molar-refractivity contribution is 6.04. The van der Waals surface area contributed by atoms with Crippen molar-refractivity contribution in [1.29, 1.82) is 0 Å². The maximum atomic E-state index is 14.2. The number of fused-ring (bicyclic) bond motifs is 2. The van der Waals surface area contributed by atoms with Crippen LogP contribution in [0.25, 0.3) is 22.2 Å². The minimum atomic E-state index is -0.653. The SMILES string of the molecule is C[C@@H](NC(=O)c1c(N)nn2cccnc12)c1nc2cccc(C#CC3CCCCC3)c2c(=O)n1-c1ccccc1. The van der Waals surface area contributed by atoms with E-state index in [4.69, 9.17) is 10.7 Å². The first kappa shape index (κ1) is 25.3. The number of carbonyl (C=O) groups is 1. The first-order valence-corrected chi connectivity index (χ1v) is 13.5. The van der Waals surface area contributed by atoms with Crippen LogP contribution in [0.2, 0.25) is 0 Å². The Morgan fingerprint density at radius 1 is 1.07 bits per heavy atom. The first-order valence-electron chi connectivity index (χ1n) is 13.5. The second kappa shape index (κ2) is 10.7. The minimum absolute atomic E-state index is 0.0662. The van der Waals surface area contributed by atoms with E-state index >= 15 is 0 Å². The molecule has 0 unspecified atom stereocenters. The van der Waals surface area contributed by atoms with Crippen LogP contribution in [-0.4, -0.2) is 30.1 Å². The second-order valence-electron chi connectivity index (χ2n) is 10.1. The molecule has 0 saturated heterocycles. The van der Waals surface area contributed by atoms with Crippen molar-refractivity contribution in [3.8, 4) is 17.5 Å². The molecule has 3 heterocycles. The van der Waals surface area contributed by atoms with Crippen LogP contribution < -0.4 is 16.6 Å². The predicted molar refractivity (Wildman–Crippen MR) is 154 cm³/mol. The molecule has 0 aliphatic heterocycles. The molecule has 6 rings (SSSR count). The van der Waals surface area contributed by atoms with Crippen molar-refractivity contribution in [2.24, 2.45) is 5.92 Å². The standard InChI is InChI=1S/C31H29N7O2/c1-20(34-30(39)26-27(32)36-37-19-9-18-33-29(26)37)28-35-24-15-8-12-22(17-16-21-10-4-2-5-11-21)25(24)31(40)38(28)23-13-6-3-7-14-23/h3,6-9,12-15,18-21H,2,4-5,10-11H2,1H3,(H2,32,36)(H,34,39)/t20-/m1/s1. The number of para-hydroxylation sites is 1. The van der Waals surface area contributed by atoms with Gasteiger partial charge in [0.25, 0.3) is 11.5 Å². The fourth-order valence-corrected chi connectivity index (χ4v) is 5.35. The molecule has 5 aromatic rings. The molecule has 3 N–H and O–H groups in total. The lowest BCUT2D eigenvalue weighted by molar-refractivity contribution is 0.0940. The monoisotopic (exact) mass is 531 g/mol. The zero-order valence-corrected chi connectivity index (χ0v) is 22.2. The fourth-order valence-electron chi connectivity index (χ4n) is 5.35. The summed E-state index contributed by atoms with van der Waals surface area (Å²) in [6, 6.07) is 15.9. The Kier molecular flexibility index (Phi) is 6.74. The molecule has 0 bridgehead atoms. The number of nitrogens with zero attached hydrogens (tertiary/aromatic N) is 5. The highest BCUT2D eigenvalue weighted by Crippen LogP contribution is 2.24. The van der Waals surface area contributed by atoms with Crippen LogP contribution in [0, 0.1) is 17.8 Å². The minimum Gasteiger partial charge on any atom is -0.381 e. The summed E-state index contributed by atoms with van der Waals surface area (Å²) in [4.78, 5) is 36.7. The maximum Gasteiger partial charge on any atom is 0.267 e. The van der Waals surface area contributed by atoms with E-state index in [0.717, 1.165) is 12.8 Å². The molecule has 9 nitrogen and oxygen atoms in total. The van der Waals surface area contributed by atoms with Crippen molar-refractivity contribution < 1.29 is 4.79 Å². The van der Waals surface area contributed by atoms with Gasteiger partial charge in [0.05, 0.1) is 22.6 Å². The quantitative estimate of drug-likeness (QED) is 0.331. The van der Waals surface area contributed by atoms with E-state index in [9.17, 15) is 9.59 Å². The zero-order chi connectivity index (χ0) is 27.6. The Hall–Kier alpha value is -4.97. The molecular formula is C31H29N7O2. The first-order chi connectivity index (χ1) is 19.5. The Morgan fingerprint density at radius 2 is 1.88 bits per heavy atom. The van der Waals surface area contributed by atoms with Gasteiger partial charge in [-0.3, -0.25) is 14.2 Å². The van der Waals surface area contributed by atoms with Gasteiger partial charge in [-0.25, -0.2) is 14.5 Å². The molecule has 2 aromatic carbocycles. The van der Waals surface area contributed by atoms with E-state index < -0.39 is 11.9 Å². The van der Waals surface area contributed by atoms with E-state index in [2.05, 4.69) is 27.2 Å². The molecule has 0 spiro atoms. The molecule has 1 aliphatic rings. The summed E-state index contributed by atoms with van der Waals surface area (Å²) in [5.74, 6) is 7.05. The highest BCUT2D eigenvalue weighted by Gasteiger charge is 2.25. The number of hydrogen-bond acceptors (Lipinski definition) is 6. The number of amides is 1. The van der Waals surface area contributed by atoms with E-state index in [1.54, 1.807) is 30.0 Å². The molecular weight excluding hydrogens is 502 g/mol. The van der Waals surface area contributed by atoms with Crippen molar-refractivity contribution in [3.05, 3.63) is 94.3 Å². The van der Waals surface area contributed by atoms with Crippen LogP contribution in [-0.2, 0) is 0 Å². The molecule has 1 amide bonds. The van der Waals surface area contributed by atoms with Crippen LogP contribution in [0.4, 0.5) is 5.82 Å². The topological polar surface area (TPSA) is 120 Å². The number of carbonyl (C=O) groups excluding carboxylic acids is 1. The lowest BCUT2D eigenvalue weighted by Crippen LogP contribution is -2.33. The van der Waals surface area contributed by atoms with Gasteiger partial charge in [0.2, 0.25) is 0 Å². The Balaban J connectivity index is 1.45. The van der Waals surface area contributed by atoms with E-state index in [-0.39, 0.29) is 16.9 Å². The summed E-state index contributed by atoms with van der Waals surface area (Å²) in [6.07, 6.45) is 9.09. The number of anilines is 1. The number of nitrogen functional groups attached to an aromatic ring is 1. The highest BCUT2D eigenvalue weighted by atomic mass is 16.2. The smallest absolute Gasteiger partial charge is 0.267 e. The molecule has 9 heteroatoms. The van der Waals surface area contributed by atoms with Crippen LogP contribution in [0.5, 0.6) is 0 Å². The van der Waals surface area contributed by atoms with Gasteiger partial charge < -0.3 is 11.1 Å². The van der Waals surface area contributed by atoms with E-state index in [1.807, 2.05) is 48.5 Å². The van der Waals surface area contributed by atoms with Gasteiger partial charge in [0.15, 0.2) is 11.5 Å². The number of benzene rings is 2. The number of rotatable bonds is 4. The number of aromatic nitrogens is 5. The average Bonchev–Trinajstić information content (AvgIpc) is 3.32. The summed E-state index contributed by atoms with van der Waals surface area (Å²) in [6.45, 7) is 1.78. The molecule has 0 radical (unpaired) electrons. The molecule has 3 aromatic heterocycles. The molecule has 1 fully saturated rings. The Morgan fingerprint density at radius 3 is 2.67 bits per heavy atom. The predicted octanol–water partition coefficient (Wildman–Crippen LogP) is 4.43. The lowest BCUT2D eigenvalue weighted by Gasteiger charge is -2.20. The Labute approximate surface area is 231 Å². The number of nitrogens with one attached hydrogen (secondary N) is 1. The molecule has 1 atom stereocenters. The summed E-state index contributed by atoms with van der Waals surface area (Å²) in [7, 11) is 0. The molecule has 1 aliphatic carbocycles. The van der Waals surface area contributed by atoms with Crippen molar-refractivity contribution in [2.75, 3.05) is 5.73 Å². The van der Waals surface area contributed by atoms with Gasteiger partial charge >= 0.3 is 0 Å². The number of nitrogens with two attached hydrogens (primary N) is 1. The van der Waals surface area contributed by atoms with Crippen molar-refractivity contribution in [1.82, 2.24) is 29.5 Å². The summed E-state index contributed by atoms with van der Waals surface area (Å²) in [5, 5.41) is 7.60. The summed E-state index contributed by atoms with van der Waals surface area (Å²) in [5.41, 5.74) is 8.18. The van der Waals surface area contributed by atoms with Crippen LogP contribution in [0.15, 0.2) is 71.8 Å². The van der Waals surface area contributed by atoms with Gasteiger partial charge in [-0.2, -0.15) is 0 Å². The molecule has 1 saturated carbocycles. The van der Waals surface area contributed by atoms with Crippen LogP contribution in [0.3, 0.4) is 0 Å². The van der Waals surface area contributed by atoms with Gasteiger partial charge in [0, 0.05) is 23.9 Å². The zero-order valence-electron chi connectivity index (χ0n) is 22.2. The van der Waals surface area contributed by atoms with Gasteiger partial charge in [-0.15, -0.1) is 5.10 Å². The van der Waals surface area contributed by atoms with Gasteiger partial charge in [-0.1, -0.05) is 55.4 Å². The second-order valence-corrected chi connectivity index (χ2v) is 10.1. The van der Waals surface area contributed by atoms with Crippen LogP contribution >= 0.6 is 0 Å². The van der Waals surface area contributed by atoms with Gasteiger partial charge in [-0.05, 0) is 50.1 Å². The lowest BCUT2D eigenvalue weighted by atomic mass is 9.89. The maximum absolute atomic E-state index is 14.2. The van der Waals surface area contributed by atoms with E-state index in [1.165, 1.54) is 23.8 Å². The molecule has 40 heavy (non-hydrogen) atoms. The van der Waals surface area contributed by atoms with Crippen molar-refractivity contribution in [2.45, 2.75) is 45.1 Å². The summed E-state index contributed by atoms with van der Waals surface area (Å²) < 4.78 is 3.01. The number of hydrogen-bond donors (Lipinski definition) is 2. The Bertz CT molecular complexity index is 1840. The van der Waals surface area contributed by atoms with E-state index in [0.29, 0.717) is 39.5 Å². The fraction of sp³-hybridized carbons (Fsp3) is 0.258.